The molecule has 0 saturated carbocycles. The molecule has 0 saturated heterocycles. The molecule has 0 fully saturated rings. The molecule has 4 heteroatoms. The molecule has 2 rings (SSSR count). The summed E-state index contributed by atoms with van der Waals surface area (Å²) in [6.45, 7) is 1.93. The maximum atomic E-state index is 11.2. The second-order valence-electron chi connectivity index (χ2n) is 2.76. The van der Waals surface area contributed by atoms with Crippen LogP contribution in [0.3, 0.4) is 0 Å². The first kappa shape index (κ1) is 6.39. The van der Waals surface area contributed by atoms with Gasteiger partial charge in [-0.25, -0.2) is 4.99 Å². The van der Waals surface area contributed by atoms with Crippen molar-refractivity contribution in [2.75, 3.05) is 0 Å². The Morgan fingerprint density at radius 3 is 3.18 bits per heavy atom. The third-order valence-corrected chi connectivity index (χ3v) is 2.01. The highest BCUT2D eigenvalue weighted by molar-refractivity contribution is 5.93. The van der Waals surface area contributed by atoms with E-state index in [0.717, 1.165) is 5.57 Å². The van der Waals surface area contributed by atoms with E-state index in [1.807, 2.05) is 13.1 Å². The van der Waals surface area contributed by atoms with Crippen molar-refractivity contribution in [2.45, 2.75) is 13.1 Å². The largest absolute Gasteiger partial charge is 0.369 e. The van der Waals surface area contributed by atoms with Gasteiger partial charge in [0.15, 0.2) is 0 Å². The van der Waals surface area contributed by atoms with Crippen LogP contribution in [0.2, 0.25) is 0 Å². The number of fused-ring (bicyclic) bond motifs is 1. The number of rotatable bonds is 0. The third-order valence-electron chi connectivity index (χ3n) is 2.01. The minimum atomic E-state index is -0.0972. The molecule has 2 aliphatic rings. The molecule has 2 heterocycles. The average molecular weight is 151 g/mol. The Balaban J connectivity index is 2.31. The summed E-state index contributed by atoms with van der Waals surface area (Å²) in [5.41, 5.74) is 1.05. The molecule has 0 aromatic carbocycles. The lowest BCUT2D eigenvalue weighted by Gasteiger charge is -2.20. The Kier molecular flexibility index (Phi) is 1.21. The lowest BCUT2D eigenvalue weighted by Crippen LogP contribution is -2.42. The van der Waals surface area contributed by atoms with Crippen molar-refractivity contribution in [1.29, 1.82) is 0 Å². The average Bonchev–Trinajstić information content (AvgIpc) is 2.34. The number of nitrogens with zero attached hydrogens (tertiary/aromatic N) is 1. The van der Waals surface area contributed by atoms with Gasteiger partial charge in [-0.15, -0.1) is 0 Å². The number of carbonyl (C=O) groups excluding carboxylic acids is 1. The van der Waals surface area contributed by atoms with Crippen LogP contribution < -0.4 is 10.6 Å². The van der Waals surface area contributed by atoms with Crippen molar-refractivity contribution >= 4 is 12.2 Å². The molecule has 2 atom stereocenters. The highest BCUT2D eigenvalue weighted by atomic mass is 16.2. The standard InChI is InChI=1S/C7H9N3O/c1-4-2-8-6-5(4)7(11)10-3-9-6/h2-3,5-6,8H,1H3,(H,9,10,11)/t5-,6-/m1/s1. The van der Waals surface area contributed by atoms with Crippen LogP contribution in [0.25, 0.3) is 0 Å². The summed E-state index contributed by atoms with van der Waals surface area (Å²) < 4.78 is 0. The Morgan fingerprint density at radius 2 is 2.45 bits per heavy atom. The van der Waals surface area contributed by atoms with E-state index < -0.39 is 0 Å². The van der Waals surface area contributed by atoms with E-state index in [-0.39, 0.29) is 18.0 Å². The predicted molar refractivity (Wildman–Crippen MR) is 40.8 cm³/mol. The Hall–Kier alpha value is -1.32. The summed E-state index contributed by atoms with van der Waals surface area (Å²) in [6, 6.07) is 0. The predicted octanol–water partition coefficient (Wildman–Crippen LogP) is -0.406. The first-order chi connectivity index (χ1) is 5.29. The molecule has 1 amide bonds. The smallest absolute Gasteiger partial charge is 0.236 e. The molecule has 0 aromatic rings. The van der Waals surface area contributed by atoms with Crippen molar-refractivity contribution in [3.63, 3.8) is 0 Å². The van der Waals surface area contributed by atoms with Gasteiger partial charge < -0.3 is 10.6 Å². The minimum Gasteiger partial charge on any atom is -0.369 e. The monoisotopic (exact) mass is 151 g/mol. The van der Waals surface area contributed by atoms with Crippen molar-refractivity contribution in [3.05, 3.63) is 11.8 Å². The zero-order chi connectivity index (χ0) is 7.84. The number of hydrogen-bond acceptors (Lipinski definition) is 3. The van der Waals surface area contributed by atoms with Crippen molar-refractivity contribution in [2.24, 2.45) is 10.9 Å². The van der Waals surface area contributed by atoms with E-state index in [9.17, 15) is 4.79 Å². The lowest BCUT2D eigenvalue weighted by atomic mass is 10.00. The third kappa shape index (κ3) is 0.824. The van der Waals surface area contributed by atoms with E-state index in [0.29, 0.717) is 0 Å². The highest BCUT2D eigenvalue weighted by Crippen LogP contribution is 2.22. The maximum absolute atomic E-state index is 11.2. The van der Waals surface area contributed by atoms with Crippen LogP contribution in [0.15, 0.2) is 16.8 Å². The van der Waals surface area contributed by atoms with Gasteiger partial charge in [0.05, 0.1) is 6.34 Å². The van der Waals surface area contributed by atoms with Crippen LogP contribution >= 0.6 is 0 Å². The first-order valence-corrected chi connectivity index (χ1v) is 3.54. The fourth-order valence-corrected chi connectivity index (χ4v) is 1.40. The highest BCUT2D eigenvalue weighted by Gasteiger charge is 2.34. The van der Waals surface area contributed by atoms with Gasteiger partial charge in [0, 0.05) is 0 Å². The minimum absolute atomic E-state index is 0.0313. The van der Waals surface area contributed by atoms with Crippen LogP contribution in [0.4, 0.5) is 0 Å². The van der Waals surface area contributed by atoms with Crippen molar-refractivity contribution < 1.29 is 4.79 Å². The van der Waals surface area contributed by atoms with Crippen LogP contribution in [-0.4, -0.2) is 18.4 Å². The second-order valence-corrected chi connectivity index (χ2v) is 2.76. The quantitative estimate of drug-likeness (QED) is 0.494. The summed E-state index contributed by atoms with van der Waals surface area (Å²) in [5, 5.41) is 5.59. The lowest BCUT2D eigenvalue weighted by molar-refractivity contribution is -0.123. The van der Waals surface area contributed by atoms with Gasteiger partial charge >= 0.3 is 0 Å². The number of hydrogen-bond donors (Lipinski definition) is 2. The SMILES string of the molecule is CC1=CN[C@@H]2N=CNC(=O)[C@H]12. The molecule has 4 nitrogen and oxygen atoms in total. The van der Waals surface area contributed by atoms with Gasteiger partial charge in [-0.2, -0.15) is 0 Å². The molecule has 0 unspecified atom stereocenters. The van der Waals surface area contributed by atoms with Gasteiger partial charge in [-0.05, 0) is 18.7 Å². The fourth-order valence-electron chi connectivity index (χ4n) is 1.40. The van der Waals surface area contributed by atoms with Crippen LogP contribution in [-0.2, 0) is 4.79 Å². The maximum Gasteiger partial charge on any atom is 0.236 e. The molecule has 2 aliphatic heterocycles. The van der Waals surface area contributed by atoms with Crippen molar-refractivity contribution in [3.8, 4) is 0 Å². The van der Waals surface area contributed by atoms with Crippen LogP contribution in [0.1, 0.15) is 6.92 Å². The molecule has 0 aromatic heterocycles. The molecule has 0 bridgehead atoms. The normalized spacial score (nSPS) is 33.9. The summed E-state index contributed by atoms with van der Waals surface area (Å²) in [5.74, 6) is -0.0660. The molecule has 58 valence electrons. The first-order valence-electron chi connectivity index (χ1n) is 3.54. The van der Waals surface area contributed by atoms with Gasteiger partial charge in [0.2, 0.25) is 5.91 Å². The summed E-state index contributed by atoms with van der Waals surface area (Å²) in [4.78, 5) is 15.3. The number of aliphatic imine (C=N–C) groups is 1. The second kappa shape index (κ2) is 2.08. The fraction of sp³-hybridized carbons (Fsp3) is 0.429. The molecular formula is C7H9N3O. The molecule has 0 radical (unpaired) electrons. The molecule has 0 aliphatic carbocycles. The van der Waals surface area contributed by atoms with E-state index >= 15 is 0 Å². The Bertz CT molecular complexity index is 256. The van der Waals surface area contributed by atoms with E-state index in [4.69, 9.17) is 0 Å². The van der Waals surface area contributed by atoms with E-state index in [2.05, 4.69) is 15.6 Å². The topological polar surface area (TPSA) is 53.5 Å². The zero-order valence-electron chi connectivity index (χ0n) is 6.16. The molecule has 2 N–H and O–H groups in total. The van der Waals surface area contributed by atoms with Gasteiger partial charge in [-0.3, -0.25) is 4.79 Å². The molecule has 11 heavy (non-hydrogen) atoms. The van der Waals surface area contributed by atoms with Gasteiger partial charge in [-0.1, -0.05) is 0 Å². The Labute approximate surface area is 64.4 Å². The van der Waals surface area contributed by atoms with Gasteiger partial charge in [0.25, 0.3) is 0 Å². The van der Waals surface area contributed by atoms with Crippen molar-refractivity contribution in [1.82, 2.24) is 10.6 Å². The van der Waals surface area contributed by atoms with E-state index in [1.165, 1.54) is 6.34 Å². The summed E-state index contributed by atoms with van der Waals surface area (Å²) in [6.07, 6.45) is 3.23. The Morgan fingerprint density at radius 1 is 1.64 bits per heavy atom. The van der Waals surface area contributed by atoms with Crippen LogP contribution in [0, 0.1) is 5.92 Å². The summed E-state index contributed by atoms with van der Waals surface area (Å²) >= 11 is 0. The number of nitrogens with one attached hydrogen (secondary N) is 2. The van der Waals surface area contributed by atoms with Gasteiger partial charge in [0.1, 0.15) is 12.1 Å². The molecular weight excluding hydrogens is 142 g/mol. The zero-order valence-corrected chi connectivity index (χ0v) is 6.16. The van der Waals surface area contributed by atoms with Crippen LogP contribution in [0.5, 0.6) is 0 Å². The molecule has 0 spiro atoms. The summed E-state index contributed by atoms with van der Waals surface area (Å²) in [7, 11) is 0. The van der Waals surface area contributed by atoms with E-state index in [1.54, 1.807) is 0 Å². The number of carbonyl (C=O) groups is 1. The number of amides is 1.